The largest absolute Gasteiger partial charge is 0.507 e. The van der Waals surface area contributed by atoms with Gasteiger partial charge in [0.05, 0.1) is 16.5 Å². The summed E-state index contributed by atoms with van der Waals surface area (Å²) >= 11 is 0. The van der Waals surface area contributed by atoms with Crippen LogP contribution in [0.15, 0.2) is 60.7 Å². The number of hydrogen-bond donors (Lipinski definition) is 4. The number of ether oxygens (including phenoxy) is 1. The number of rotatable bonds is 2. The summed E-state index contributed by atoms with van der Waals surface area (Å²) in [6.07, 6.45) is 0. The average molecular weight is 333 g/mol. The van der Waals surface area contributed by atoms with Gasteiger partial charge in [-0.2, -0.15) is 0 Å². The third-order valence-electron chi connectivity index (χ3n) is 4.19. The first-order chi connectivity index (χ1) is 12.1. The monoisotopic (exact) mass is 333 g/mol. The van der Waals surface area contributed by atoms with Crippen LogP contribution < -0.4 is 10.5 Å². The molecule has 0 fully saturated rings. The maximum absolute atomic E-state index is 10.7. The van der Waals surface area contributed by atoms with E-state index in [9.17, 15) is 15.3 Å². The molecule has 5 heteroatoms. The fraction of sp³-hybridized carbons (Fsp3) is 0. The minimum atomic E-state index is -0.228. The summed E-state index contributed by atoms with van der Waals surface area (Å²) < 4.78 is 5.73. The Hall–Kier alpha value is -3.60. The lowest BCUT2D eigenvalue weighted by atomic mass is 9.98. The molecule has 5 N–H and O–H groups in total. The van der Waals surface area contributed by atoms with Gasteiger partial charge in [-0.25, -0.2) is 0 Å². The fourth-order valence-electron chi connectivity index (χ4n) is 3.01. The van der Waals surface area contributed by atoms with Crippen molar-refractivity contribution in [2.45, 2.75) is 0 Å². The molecule has 0 bridgehead atoms. The summed E-state index contributed by atoms with van der Waals surface area (Å²) in [4.78, 5) is 0. The van der Waals surface area contributed by atoms with E-state index in [0.29, 0.717) is 16.5 Å². The fourth-order valence-corrected chi connectivity index (χ4v) is 3.01. The summed E-state index contributed by atoms with van der Waals surface area (Å²) in [6, 6.07) is 17.1. The van der Waals surface area contributed by atoms with E-state index in [-0.39, 0.29) is 39.5 Å². The second-order valence-electron chi connectivity index (χ2n) is 5.72. The highest BCUT2D eigenvalue weighted by atomic mass is 16.5. The van der Waals surface area contributed by atoms with Crippen LogP contribution in [0.4, 0.5) is 5.69 Å². The first-order valence-electron chi connectivity index (χ1n) is 7.68. The van der Waals surface area contributed by atoms with E-state index in [0.717, 1.165) is 0 Å². The van der Waals surface area contributed by atoms with Gasteiger partial charge in [0.15, 0.2) is 5.75 Å². The smallest absolute Gasteiger partial charge is 0.154 e. The zero-order valence-corrected chi connectivity index (χ0v) is 13.1. The second-order valence-corrected chi connectivity index (χ2v) is 5.72. The van der Waals surface area contributed by atoms with Crippen molar-refractivity contribution in [2.24, 2.45) is 0 Å². The van der Waals surface area contributed by atoms with Crippen molar-refractivity contribution in [3.8, 4) is 28.7 Å². The van der Waals surface area contributed by atoms with E-state index in [1.807, 2.05) is 18.2 Å². The van der Waals surface area contributed by atoms with Crippen LogP contribution in [0.2, 0.25) is 0 Å². The molecule has 0 aliphatic carbocycles. The molecule has 0 spiro atoms. The highest BCUT2D eigenvalue weighted by Crippen LogP contribution is 2.50. The molecular formula is C20H15NO4. The highest BCUT2D eigenvalue weighted by Gasteiger charge is 2.21. The number of hydrogen-bond acceptors (Lipinski definition) is 5. The molecule has 0 saturated heterocycles. The molecule has 0 amide bonds. The van der Waals surface area contributed by atoms with E-state index in [4.69, 9.17) is 10.5 Å². The topological polar surface area (TPSA) is 95.9 Å². The van der Waals surface area contributed by atoms with Gasteiger partial charge in [-0.05, 0) is 12.1 Å². The molecule has 0 aliphatic heterocycles. The van der Waals surface area contributed by atoms with Gasteiger partial charge in [0.1, 0.15) is 23.0 Å². The van der Waals surface area contributed by atoms with Crippen molar-refractivity contribution in [3.05, 3.63) is 60.7 Å². The van der Waals surface area contributed by atoms with E-state index < -0.39 is 0 Å². The molecule has 124 valence electrons. The minimum absolute atomic E-state index is 0.0918. The van der Waals surface area contributed by atoms with Crippen LogP contribution in [0.5, 0.6) is 28.7 Å². The van der Waals surface area contributed by atoms with Crippen LogP contribution in [0.3, 0.4) is 0 Å². The number of fused-ring (bicyclic) bond motifs is 2. The third kappa shape index (κ3) is 2.25. The molecule has 4 aromatic carbocycles. The van der Waals surface area contributed by atoms with E-state index in [1.54, 1.807) is 36.4 Å². The average Bonchev–Trinajstić information content (AvgIpc) is 2.63. The summed E-state index contributed by atoms with van der Waals surface area (Å²) in [6.45, 7) is 0. The van der Waals surface area contributed by atoms with Crippen molar-refractivity contribution in [1.82, 2.24) is 0 Å². The molecule has 0 aliphatic rings. The Morgan fingerprint density at radius 2 is 1.28 bits per heavy atom. The lowest BCUT2D eigenvalue weighted by Gasteiger charge is -2.16. The maximum Gasteiger partial charge on any atom is 0.154 e. The van der Waals surface area contributed by atoms with Crippen molar-refractivity contribution in [2.75, 3.05) is 5.73 Å². The molecule has 0 radical (unpaired) electrons. The number of nitrogens with two attached hydrogens (primary N) is 1. The molecule has 0 saturated carbocycles. The normalized spacial score (nSPS) is 11.0. The number of aromatic hydroxyl groups is 3. The number of phenolic OH excluding ortho intramolecular Hbond substituents is 3. The van der Waals surface area contributed by atoms with Gasteiger partial charge in [0, 0.05) is 16.8 Å². The summed E-state index contributed by atoms with van der Waals surface area (Å²) in [5.74, 6) is 0.251. The standard InChI is InChI=1S/C20H15NO4/c21-18-15(25-11-6-2-1-3-7-11)10-14(22)16-17(18)20(24)13-9-5-4-8-12(13)19(16)23/h1-10,22-24H,21H2. The Morgan fingerprint density at radius 1 is 0.720 bits per heavy atom. The summed E-state index contributed by atoms with van der Waals surface area (Å²) in [7, 11) is 0. The van der Waals surface area contributed by atoms with Gasteiger partial charge in [0.25, 0.3) is 0 Å². The molecule has 5 nitrogen and oxygen atoms in total. The van der Waals surface area contributed by atoms with Crippen molar-refractivity contribution in [1.29, 1.82) is 0 Å². The zero-order chi connectivity index (χ0) is 17.6. The van der Waals surface area contributed by atoms with Gasteiger partial charge in [0.2, 0.25) is 0 Å². The molecule has 0 unspecified atom stereocenters. The van der Waals surface area contributed by atoms with Gasteiger partial charge < -0.3 is 25.8 Å². The van der Waals surface area contributed by atoms with Crippen LogP contribution in [-0.2, 0) is 0 Å². The molecule has 4 aromatic rings. The van der Waals surface area contributed by atoms with Crippen LogP contribution in [-0.4, -0.2) is 15.3 Å². The van der Waals surface area contributed by atoms with Crippen LogP contribution in [0.25, 0.3) is 21.5 Å². The van der Waals surface area contributed by atoms with E-state index in [2.05, 4.69) is 0 Å². The third-order valence-corrected chi connectivity index (χ3v) is 4.19. The number of anilines is 1. The van der Waals surface area contributed by atoms with E-state index in [1.165, 1.54) is 6.07 Å². The van der Waals surface area contributed by atoms with Crippen LogP contribution in [0.1, 0.15) is 0 Å². The highest BCUT2D eigenvalue weighted by molar-refractivity contribution is 6.17. The van der Waals surface area contributed by atoms with Gasteiger partial charge in [-0.3, -0.25) is 0 Å². The van der Waals surface area contributed by atoms with Gasteiger partial charge in [-0.15, -0.1) is 0 Å². The quantitative estimate of drug-likeness (QED) is 0.246. The molecule has 25 heavy (non-hydrogen) atoms. The van der Waals surface area contributed by atoms with Crippen molar-refractivity contribution >= 4 is 27.2 Å². The van der Waals surface area contributed by atoms with Crippen molar-refractivity contribution in [3.63, 3.8) is 0 Å². The lowest BCUT2D eigenvalue weighted by molar-refractivity contribution is 0.452. The molecule has 0 heterocycles. The van der Waals surface area contributed by atoms with Gasteiger partial charge >= 0.3 is 0 Å². The van der Waals surface area contributed by atoms with E-state index >= 15 is 0 Å². The van der Waals surface area contributed by atoms with Crippen LogP contribution >= 0.6 is 0 Å². The Balaban J connectivity index is 2.05. The number of para-hydroxylation sites is 1. The number of phenols is 3. The number of benzene rings is 4. The predicted octanol–water partition coefficient (Wildman–Crippen LogP) is 4.48. The summed E-state index contributed by atoms with van der Waals surface area (Å²) in [5.41, 5.74) is 6.32. The minimum Gasteiger partial charge on any atom is -0.507 e. The first kappa shape index (κ1) is 15.0. The zero-order valence-electron chi connectivity index (χ0n) is 13.1. The second kappa shape index (κ2) is 5.49. The molecule has 4 rings (SSSR count). The van der Waals surface area contributed by atoms with Crippen molar-refractivity contribution < 1.29 is 20.1 Å². The first-order valence-corrected chi connectivity index (χ1v) is 7.68. The lowest BCUT2D eigenvalue weighted by Crippen LogP contribution is -1.95. The Bertz CT molecular complexity index is 1110. The predicted molar refractivity (Wildman–Crippen MR) is 97.4 cm³/mol. The summed E-state index contributed by atoms with van der Waals surface area (Å²) in [5, 5.41) is 32.8. The molecule has 0 aromatic heterocycles. The number of nitrogen functional groups attached to an aromatic ring is 1. The molecule has 0 atom stereocenters. The Labute approximate surface area is 143 Å². The molecular weight excluding hydrogens is 318 g/mol. The maximum atomic E-state index is 10.7. The van der Waals surface area contributed by atoms with Gasteiger partial charge in [-0.1, -0.05) is 42.5 Å². The Morgan fingerprint density at radius 3 is 1.92 bits per heavy atom. The SMILES string of the molecule is Nc1c(Oc2ccccc2)cc(O)c2c(O)c3ccccc3c(O)c12. The van der Waals surface area contributed by atoms with Crippen LogP contribution in [0, 0.1) is 0 Å². The Kier molecular flexibility index (Phi) is 3.28.